The molecule has 7 nitrogen and oxygen atoms in total. The second kappa shape index (κ2) is 7.46. The van der Waals surface area contributed by atoms with Gasteiger partial charge in [0.2, 0.25) is 0 Å². The van der Waals surface area contributed by atoms with Gasteiger partial charge in [-0.2, -0.15) is 5.10 Å². The number of carbonyl (C=O) groups excluding carboxylic acids is 2. The van der Waals surface area contributed by atoms with Crippen molar-refractivity contribution in [2.24, 2.45) is 11.3 Å². The highest BCUT2D eigenvalue weighted by Crippen LogP contribution is 2.24. The largest absolute Gasteiger partial charge is 0.348 e. The first kappa shape index (κ1) is 18.6. The zero-order valence-corrected chi connectivity index (χ0v) is 15.3. The summed E-state index contributed by atoms with van der Waals surface area (Å²) in [6.07, 6.45) is 0. The molecule has 1 aromatic carbocycles. The van der Waals surface area contributed by atoms with E-state index in [-0.39, 0.29) is 11.3 Å². The maximum atomic E-state index is 12.1. The van der Waals surface area contributed by atoms with Crippen LogP contribution in [-0.4, -0.2) is 33.5 Å². The van der Waals surface area contributed by atoms with Crippen LogP contribution >= 0.6 is 0 Å². The zero-order chi connectivity index (χ0) is 18.6. The number of anilines is 1. The van der Waals surface area contributed by atoms with E-state index in [2.05, 4.69) is 46.6 Å². The van der Waals surface area contributed by atoms with Gasteiger partial charge in [-0.15, -0.1) is 0 Å². The van der Waals surface area contributed by atoms with E-state index in [1.807, 2.05) is 19.9 Å². The zero-order valence-electron chi connectivity index (χ0n) is 15.3. The summed E-state index contributed by atoms with van der Waals surface area (Å²) in [6, 6.07) is 7.05. The van der Waals surface area contributed by atoms with Crippen LogP contribution < -0.4 is 10.6 Å². The molecule has 0 bridgehead atoms. The number of aryl methyl sites for hydroxylation is 1. The predicted octanol–water partition coefficient (Wildman–Crippen LogP) is 2.52. The third kappa shape index (κ3) is 5.14. The van der Waals surface area contributed by atoms with Crippen molar-refractivity contribution in [1.29, 1.82) is 0 Å². The summed E-state index contributed by atoms with van der Waals surface area (Å²) in [6.45, 7) is 10.6. The smallest absolute Gasteiger partial charge is 0.313 e. The Balaban J connectivity index is 1.97. The van der Waals surface area contributed by atoms with Crippen LogP contribution in [0.5, 0.6) is 0 Å². The molecule has 0 radical (unpaired) electrons. The third-order valence-corrected chi connectivity index (χ3v) is 4.23. The molecule has 0 spiro atoms. The molecule has 0 saturated carbocycles. The van der Waals surface area contributed by atoms with Crippen LogP contribution in [-0.2, 0) is 9.59 Å². The molecule has 0 aliphatic rings. The highest BCUT2D eigenvalue weighted by molar-refractivity contribution is 6.39. The highest BCUT2D eigenvalue weighted by Gasteiger charge is 2.22. The molecule has 2 aromatic rings. The maximum Gasteiger partial charge on any atom is 0.313 e. The van der Waals surface area contributed by atoms with Crippen LogP contribution in [0.25, 0.3) is 11.4 Å². The van der Waals surface area contributed by atoms with Gasteiger partial charge in [0.15, 0.2) is 5.82 Å². The van der Waals surface area contributed by atoms with E-state index in [1.54, 1.807) is 18.2 Å². The fraction of sp³-hybridized carbons (Fsp3) is 0.444. The van der Waals surface area contributed by atoms with Crippen LogP contribution in [0.4, 0.5) is 5.69 Å². The Labute approximate surface area is 147 Å². The number of nitrogens with zero attached hydrogens (tertiary/aromatic N) is 2. The molecule has 25 heavy (non-hydrogen) atoms. The molecule has 1 heterocycles. The number of H-pyrrole nitrogens is 1. The Hall–Kier alpha value is -2.70. The Morgan fingerprint density at radius 2 is 1.96 bits per heavy atom. The van der Waals surface area contributed by atoms with E-state index in [0.717, 1.165) is 5.56 Å². The molecular formula is C18H25N5O2. The summed E-state index contributed by atoms with van der Waals surface area (Å²) in [7, 11) is 0. The summed E-state index contributed by atoms with van der Waals surface area (Å²) in [4.78, 5) is 28.3. The van der Waals surface area contributed by atoms with E-state index >= 15 is 0 Å². The number of rotatable bonds is 4. The van der Waals surface area contributed by atoms with Gasteiger partial charge in [-0.3, -0.25) is 14.7 Å². The van der Waals surface area contributed by atoms with Crippen LogP contribution in [0.15, 0.2) is 24.3 Å². The minimum Gasteiger partial charge on any atom is -0.348 e. The lowest BCUT2D eigenvalue weighted by Gasteiger charge is -2.27. The van der Waals surface area contributed by atoms with Gasteiger partial charge in [0.05, 0.1) is 0 Å². The molecule has 0 fully saturated rings. The van der Waals surface area contributed by atoms with E-state index in [1.165, 1.54) is 0 Å². The van der Waals surface area contributed by atoms with Crippen molar-refractivity contribution in [2.75, 3.05) is 11.9 Å². The summed E-state index contributed by atoms with van der Waals surface area (Å²) >= 11 is 0. The van der Waals surface area contributed by atoms with Crippen molar-refractivity contribution in [3.63, 3.8) is 0 Å². The van der Waals surface area contributed by atoms with Crippen LogP contribution in [0.3, 0.4) is 0 Å². The average molecular weight is 343 g/mol. The SMILES string of the molecule is Cc1nc(-c2cccc(NC(=O)C(=O)NC[C@H](C)C(C)(C)C)c2)n[nH]1. The number of aromatic amines is 1. The normalized spacial score (nSPS) is 12.5. The number of nitrogens with one attached hydrogen (secondary N) is 3. The van der Waals surface area contributed by atoms with Gasteiger partial charge in [0, 0.05) is 17.8 Å². The number of benzene rings is 1. The monoisotopic (exact) mass is 343 g/mol. The van der Waals surface area contributed by atoms with Crippen molar-refractivity contribution < 1.29 is 9.59 Å². The van der Waals surface area contributed by atoms with Crippen molar-refractivity contribution in [2.45, 2.75) is 34.6 Å². The lowest BCUT2D eigenvalue weighted by molar-refractivity contribution is -0.136. The molecule has 1 aromatic heterocycles. The first-order chi connectivity index (χ1) is 11.7. The Kier molecular flexibility index (Phi) is 5.56. The molecule has 0 aliphatic heterocycles. The molecule has 2 rings (SSSR count). The summed E-state index contributed by atoms with van der Waals surface area (Å²) in [5.74, 6) is 0.162. The standard InChI is InChI=1S/C18H25N5O2/c1-11(18(3,4)5)10-19-16(24)17(25)21-14-8-6-7-13(9-14)15-20-12(2)22-23-15/h6-9,11H,10H2,1-5H3,(H,19,24)(H,21,25)(H,20,22,23)/t11-/m0/s1. The van der Waals surface area contributed by atoms with Gasteiger partial charge in [-0.1, -0.05) is 39.8 Å². The van der Waals surface area contributed by atoms with Gasteiger partial charge in [0.25, 0.3) is 0 Å². The number of carbonyl (C=O) groups is 2. The molecule has 2 amide bonds. The van der Waals surface area contributed by atoms with E-state index < -0.39 is 11.8 Å². The van der Waals surface area contributed by atoms with Gasteiger partial charge in [0.1, 0.15) is 5.82 Å². The molecule has 0 aliphatic carbocycles. The lowest BCUT2D eigenvalue weighted by Crippen LogP contribution is -2.40. The second-order valence-corrected chi connectivity index (χ2v) is 7.26. The highest BCUT2D eigenvalue weighted by atomic mass is 16.2. The van der Waals surface area contributed by atoms with Crippen molar-refractivity contribution in [3.8, 4) is 11.4 Å². The Morgan fingerprint density at radius 1 is 1.24 bits per heavy atom. The summed E-state index contributed by atoms with van der Waals surface area (Å²) in [5, 5.41) is 12.1. The third-order valence-electron chi connectivity index (χ3n) is 4.23. The number of aromatic nitrogens is 3. The van der Waals surface area contributed by atoms with Gasteiger partial charge >= 0.3 is 11.8 Å². The quantitative estimate of drug-likeness (QED) is 0.743. The van der Waals surface area contributed by atoms with Crippen LogP contribution in [0.1, 0.15) is 33.5 Å². The number of hydrogen-bond acceptors (Lipinski definition) is 4. The first-order valence-corrected chi connectivity index (χ1v) is 8.25. The molecule has 0 saturated heterocycles. The molecule has 1 atom stereocenters. The molecule has 3 N–H and O–H groups in total. The molecular weight excluding hydrogens is 318 g/mol. The Bertz CT molecular complexity index is 761. The van der Waals surface area contributed by atoms with Gasteiger partial charge < -0.3 is 10.6 Å². The lowest BCUT2D eigenvalue weighted by atomic mass is 9.82. The van der Waals surface area contributed by atoms with Crippen LogP contribution in [0, 0.1) is 18.3 Å². The number of hydrogen-bond donors (Lipinski definition) is 3. The number of amides is 2. The van der Waals surface area contributed by atoms with Crippen molar-refractivity contribution in [1.82, 2.24) is 20.5 Å². The van der Waals surface area contributed by atoms with Crippen molar-refractivity contribution in [3.05, 3.63) is 30.1 Å². The van der Waals surface area contributed by atoms with E-state index in [0.29, 0.717) is 23.9 Å². The fourth-order valence-corrected chi connectivity index (χ4v) is 2.03. The Morgan fingerprint density at radius 3 is 2.56 bits per heavy atom. The van der Waals surface area contributed by atoms with E-state index in [9.17, 15) is 9.59 Å². The predicted molar refractivity (Wildman–Crippen MR) is 96.8 cm³/mol. The fourth-order valence-electron chi connectivity index (χ4n) is 2.03. The van der Waals surface area contributed by atoms with Crippen LogP contribution in [0.2, 0.25) is 0 Å². The second-order valence-electron chi connectivity index (χ2n) is 7.26. The first-order valence-electron chi connectivity index (χ1n) is 8.25. The average Bonchev–Trinajstić information content (AvgIpc) is 2.98. The summed E-state index contributed by atoms with van der Waals surface area (Å²) < 4.78 is 0. The van der Waals surface area contributed by atoms with Gasteiger partial charge in [-0.25, -0.2) is 4.98 Å². The molecule has 7 heteroatoms. The topological polar surface area (TPSA) is 99.8 Å². The van der Waals surface area contributed by atoms with Crippen molar-refractivity contribution >= 4 is 17.5 Å². The van der Waals surface area contributed by atoms with E-state index in [4.69, 9.17) is 0 Å². The van der Waals surface area contributed by atoms with Gasteiger partial charge in [-0.05, 0) is 30.4 Å². The maximum absolute atomic E-state index is 12.1. The minimum absolute atomic E-state index is 0.0623. The summed E-state index contributed by atoms with van der Waals surface area (Å²) in [5.41, 5.74) is 1.33. The minimum atomic E-state index is -0.690. The molecule has 134 valence electrons. The molecule has 0 unspecified atom stereocenters.